The van der Waals surface area contributed by atoms with Crippen molar-refractivity contribution in [3.63, 3.8) is 0 Å². The van der Waals surface area contributed by atoms with Gasteiger partial charge in [-0.25, -0.2) is 4.98 Å². The highest BCUT2D eigenvalue weighted by Crippen LogP contribution is 2.11. The smallest absolute Gasteiger partial charge is 0.163 e. The highest BCUT2D eigenvalue weighted by atomic mass is 16.1. The molecule has 0 aliphatic rings. The fourth-order valence-corrected chi connectivity index (χ4v) is 0.901. The van der Waals surface area contributed by atoms with E-state index in [0.717, 1.165) is 0 Å². The van der Waals surface area contributed by atoms with E-state index in [9.17, 15) is 4.79 Å². The second-order valence-electron chi connectivity index (χ2n) is 2.30. The molecule has 0 fully saturated rings. The summed E-state index contributed by atoms with van der Waals surface area (Å²) in [6, 6.07) is 3.45. The van der Waals surface area contributed by atoms with Gasteiger partial charge in [0.2, 0.25) is 0 Å². The van der Waals surface area contributed by atoms with Crippen molar-refractivity contribution < 1.29 is 4.79 Å². The van der Waals surface area contributed by atoms with Gasteiger partial charge in [-0.15, -0.1) is 0 Å². The highest BCUT2D eigenvalue weighted by Gasteiger charge is 2.04. The summed E-state index contributed by atoms with van der Waals surface area (Å²) in [6.07, 6.45) is 3.12. The molecule has 0 radical (unpaired) electrons. The van der Waals surface area contributed by atoms with E-state index in [1.807, 2.05) is 0 Å². The number of anilines is 1. The van der Waals surface area contributed by atoms with E-state index >= 15 is 0 Å². The lowest BCUT2D eigenvalue weighted by molar-refractivity contribution is 0.101. The second-order valence-corrected chi connectivity index (χ2v) is 2.30. The van der Waals surface area contributed by atoms with E-state index in [-0.39, 0.29) is 5.78 Å². The van der Waals surface area contributed by atoms with Crippen LogP contribution in [0.5, 0.6) is 0 Å². The average Bonchev–Trinajstić information content (AvgIpc) is 2.05. The monoisotopic (exact) mass is 162 g/mol. The van der Waals surface area contributed by atoms with Crippen LogP contribution in [-0.2, 0) is 0 Å². The molecule has 62 valence electrons. The van der Waals surface area contributed by atoms with Crippen LogP contribution in [0.25, 0.3) is 0 Å². The summed E-state index contributed by atoms with van der Waals surface area (Å²) in [6.45, 7) is 5.00. The number of Topliss-reactive ketones (excluding diaryl/α,β-unsaturated/α-hetero) is 1. The molecule has 1 heterocycles. The van der Waals surface area contributed by atoms with Gasteiger partial charge in [0.1, 0.15) is 5.82 Å². The number of pyridine rings is 1. The average molecular weight is 162 g/mol. The Bertz CT molecular complexity index is 307. The van der Waals surface area contributed by atoms with Gasteiger partial charge in [-0.3, -0.25) is 4.79 Å². The van der Waals surface area contributed by atoms with Crippen LogP contribution in [0.15, 0.2) is 31.1 Å². The molecule has 0 saturated carbocycles. The third-order valence-corrected chi connectivity index (χ3v) is 1.43. The molecule has 3 heteroatoms. The van der Waals surface area contributed by atoms with Crippen LogP contribution in [-0.4, -0.2) is 10.8 Å². The van der Waals surface area contributed by atoms with Gasteiger partial charge in [-0.2, -0.15) is 0 Å². The van der Waals surface area contributed by atoms with Crippen molar-refractivity contribution >= 4 is 11.6 Å². The number of aromatic nitrogens is 1. The molecule has 0 aromatic carbocycles. The quantitative estimate of drug-likeness (QED) is 0.689. The van der Waals surface area contributed by atoms with Crippen molar-refractivity contribution in [2.45, 2.75) is 6.92 Å². The molecule has 0 aliphatic carbocycles. The van der Waals surface area contributed by atoms with Crippen molar-refractivity contribution in [2.75, 3.05) is 5.32 Å². The zero-order chi connectivity index (χ0) is 8.97. The number of rotatable bonds is 3. The molecule has 1 rings (SSSR count). The van der Waals surface area contributed by atoms with Crippen LogP contribution >= 0.6 is 0 Å². The van der Waals surface area contributed by atoms with Crippen molar-refractivity contribution in [3.05, 3.63) is 36.7 Å². The molecule has 0 spiro atoms. The molecule has 0 unspecified atom stereocenters. The summed E-state index contributed by atoms with van der Waals surface area (Å²) in [4.78, 5) is 15.0. The first-order valence-electron chi connectivity index (χ1n) is 3.59. The Hall–Kier alpha value is -1.64. The Balaban J connectivity index is 3.07. The Labute approximate surface area is 71.1 Å². The minimum absolute atomic E-state index is 0.00699. The van der Waals surface area contributed by atoms with E-state index < -0.39 is 0 Å². The lowest BCUT2D eigenvalue weighted by Gasteiger charge is -2.03. The van der Waals surface area contributed by atoms with Gasteiger partial charge < -0.3 is 5.32 Å². The van der Waals surface area contributed by atoms with Crippen LogP contribution in [0.2, 0.25) is 0 Å². The Morgan fingerprint density at radius 3 is 3.08 bits per heavy atom. The van der Waals surface area contributed by atoms with Crippen LogP contribution in [0.3, 0.4) is 0 Å². The summed E-state index contributed by atoms with van der Waals surface area (Å²) >= 11 is 0. The third kappa shape index (κ3) is 1.69. The predicted molar refractivity (Wildman–Crippen MR) is 48.1 cm³/mol. The van der Waals surface area contributed by atoms with Crippen molar-refractivity contribution in [2.24, 2.45) is 0 Å². The zero-order valence-corrected chi connectivity index (χ0v) is 6.87. The molecule has 3 nitrogen and oxygen atoms in total. The molecular formula is C9H10N2O. The maximum Gasteiger partial charge on any atom is 0.163 e. The summed E-state index contributed by atoms with van der Waals surface area (Å²) in [7, 11) is 0. The molecule has 1 aromatic heterocycles. The molecule has 0 bridgehead atoms. The van der Waals surface area contributed by atoms with E-state index in [1.54, 1.807) is 18.3 Å². The normalized spacial score (nSPS) is 9.08. The van der Waals surface area contributed by atoms with Crippen molar-refractivity contribution in [3.8, 4) is 0 Å². The minimum atomic E-state index is -0.00699. The predicted octanol–water partition coefficient (Wildman–Crippen LogP) is 1.84. The van der Waals surface area contributed by atoms with Gasteiger partial charge in [-0.1, -0.05) is 6.58 Å². The second kappa shape index (κ2) is 3.67. The summed E-state index contributed by atoms with van der Waals surface area (Å²) in [5, 5.41) is 2.79. The fraction of sp³-hybridized carbons (Fsp3) is 0.111. The molecular weight excluding hydrogens is 152 g/mol. The number of hydrogen-bond donors (Lipinski definition) is 1. The number of nitrogens with one attached hydrogen (secondary N) is 1. The van der Waals surface area contributed by atoms with Crippen LogP contribution in [0, 0.1) is 0 Å². The van der Waals surface area contributed by atoms with Crippen LogP contribution in [0.1, 0.15) is 17.3 Å². The number of carbonyl (C=O) groups is 1. The van der Waals surface area contributed by atoms with Crippen molar-refractivity contribution in [1.82, 2.24) is 4.98 Å². The highest BCUT2D eigenvalue weighted by molar-refractivity contribution is 5.98. The molecule has 0 amide bonds. The first-order chi connectivity index (χ1) is 5.75. The van der Waals surface area contributed by atoms with Crippen LogP contribution in [0.4, 0.5) is 5.82 Å². The Morgan fingerprint density at radius 2 is 2.50 bits per heavy atom. The number of hydrogen-bond acceptors (Lipinski definition) is 3. The van der Waals surface area contributed by atoms with Gasteiger partial charge in [-0.05, 0) is 25.3 Å². The largest absolute Gasteiger partial charge is 0.347 e. The lowest BCUT2D eigenvalue weighted by Crippen LogP contribution is -2.00. The van der Waals surface area contributed by atoms with Gasteiger partial charge in [0.15, 0.2) is 5.78 Å². The molecule has 1 N–H and O–H groups in total. The summed E-state index contributed by atoms with van der Waals surface area (Å²) < 4.78 is 0. The summed E-state index contributed by atoms with van der Waals surface area (Å²) in [5.74, 6) is 0.549. The third-order valence-electron chi connectivity index (χ3n) is 1.43. The maximum absolute atomic E-state index is 11.0. The molecule has 0 aliphatic heterocycles. The van der Waals surface area contributed by atoms with E-state index in [1.165, 1.54) is 13.1 Å². The fourth-order valence-electron chi connectivity index (χ4n) is 0.901. The maximum atomic E-state index is 11.0. The molecule has 12 heavy (non-hydrogen) atoms. The number of nitrogens with zero attached hydrogens (tertiary/aromatic N) is 1. The van der Waals surface area contributed by atoms with Gasteiger partial charge >= 0.3 is 0 Å². The lowest BCUT2D eigenvalue weighted by atomic mass is 10.2. The van der Waals surface area contributed by atoms with Crippen molar-refractivity contribution in [1.29, 1.82) is 0 Å². The molecule has 0 atom stereocenters. The minimum Gasteiger partial charge on any atom is -0.347 e. The number of ketones is 1. The zero-order valence-electron chi connectivity index (χ0n) is 6.87. The molecule has 1 aromatic rings. The first kappa shape index (κ1) is 8.46. The topological polar surface area (TPSA) is 42.0 Å². The Morgan fingerprint density at radius 1 is 1.75 bits per heavy atom. The SMILES string of the molecule is C=CNc1ncccc1C(C)=O. The van der Waals surface area contributed by atoms with Gasteiger partial charge in [0.25, 0.3) is 0 Å². The van der Waals surface area contributed by atoms with E-state index in [2.05, 4.69) is 16.9 Å². The van der Waals surface area contributed by atoms with Gasteiger partial charge in [0.05, 0.1) is 5.56 Å². The molecule has 0 saturated heterocycles. The van der Waals surface area contributed by atoms with Gasteiger partial charge in [0, 0.05) is 6.20 Å². The standard InChI is InChI=1S/C9H10N2O/c1-3-10-9-8(7(2)12)5-4-6-11-9/h3-6H,1H2,2H3,(H,10,11). The van der Waals surface area contributed by atoms with Crippen LogP contribution < -0.4 is 5.32 Å². The van der Waals surface area contributed by atoms with E-state index in [4.69, 9.17) is 0 Å². The Kier molecular flexibility index (Phi) is 2.58. The van der Waals surface area contributed by atoms with E-state index in [0.29, 0.717) is 11.4 Å². The first-order valence-corrected chi connectivity index (χ1v) is 3.59. The summed E-state index contributed by atoms with van der Waals surface area (Å²) in [5.41, 5.74) is 0.581. The number of carbonyl (C=O) groups excluding carboxylic acids is 1.